The van der Waals surface area contributed by atoms with Crippen molar-refractivity contribution in [3.8, 4) is 11.5 Å². The molecule has 24 heavy (non-hydrogen) atoms. The molecule has 0 radical (unpaired) electrons. The van der Waals surface area contributed by atoms with Gasteiger partial charge in [-0.1, -0.05) is 19.8 Å². The minimum atomic E-state index is -0.00965. The number of hydrogen-bond donors (Lipinski definition) is 2. The van der Waals surface area contributed by atoms with Gasteiger partial charge < -0.3 is 20.1 Å². The van der Waals surface area contributed by atoms with E-state index in [1.807, 2.05) is 25.1 Å². The van der Waals surface area contributed by atoms with Crippen LogP contribution in [0.4, 0.5) is 0 Å². The number of benzene rings is 1. The lowest BCUT2D eigenvalue weighted by Crippen LogP contribution is -2.45. The van der Waals surface area contributed by atoms with Crippen molar-refractivity contribution in [1.29, 1.82) is 0 Å². The standard InChI is InChI=1S/C19H30N2O3/c1-13-7-5-6-8-17(13)21-19(22)12-20-14(2)16-11-15(23-3)9-10-18(16)24-4/h9-11,13-14,17,20H,5-8,12H2,1-4H3,(H,21,22)/t13-,14+,17-/m1/s1. The van der Waals surface area contributed by atoms with Gasteiger partial charge in [0, 0.05) is 17.6 Å². The molecule has 0 unspecified atom stereocenters. The first-order chi connectivity index (χ1) is 11.5. The van der Waals surface area contributed by atoms with E-state index in [1.165, 1.54) is 19.3 Å². The monoisotopic (exact) mass is 334 g/mol. The van der Waals surface area contributed by atoms with Crippen LogP contribution in [0.25, 0.3) is 0 Å². The summed E-state index contributed by atoms with van der Waals surface area (Å²) in [7, 11) is 3.29. The average molecular weight is 334 g/mol. The van der Waals surface area contributed by atoms with Crippen LogP contribution in [0.1, 0.15) is 51.1 Å². The second-order valence-corrected chi connectivity index (χ2v) is 6.65. The first-order valence-electron chi connectivity index (χ1n) is 8.79. The van der Waals surface area contributed by atoms with E-state index in [9.17, 15) is 4.79 Å². The van der Waals surface area contributed by atoms with Crippen molar-refractivity contribution in [3.63, 3.8) is 0 Å². The first kappa shape index (κ1) is 18.6. The summed E-state index contributed by atoms with van der Waals surface area (Å²) >= 11 is 0. The van der Waals surface area contributed by atoms with E-state index < -0.39 is 0 Å². The van der Waals surface area contributed by atoms with Gasteiger partial charge in [0.05, 0.1) is 20.8 Å². The lowest BCUT2D eigenvalue weighted by atomic mass is 9.86. The maximum atomic E-state index is 12.2. The Kier molecular flexibility index (Phi) is 6.91. The van der Waals surface area contributed by atoms with Crippen molar-refractivity contribution in [2.75, 3.05) is 20.8 Å². The number of nitrogens with one attached hydrogen (secondary N) is 2. The molecule has 3 atom stereocenters. The van der Waals surface area contributed by atoms with E-state index in [-0.39, 0.29) is 11.9 Å². The topological polar surface area (TPSA) is 59.6 Å². The van der Waals surface area contributed by atoms with Crippen molar-refractivity contribution in [3.05, 3.63) is 23.8 Å². The summed E-state index contributed by atoms with van der Waals surface area (Å²) in [5.41, 5.74) is 0.982. The fraction of sp³-hybridized carbons (Fsp3) is 0.632. The number of hydrogen-bond acceptors (Lipinski definition) is 4. The molecule has 1 aliphatic carbocycles. The third-order valence-electron chi connectivity index (χ3n) is 4.93. The minimum Gasteiger partial charge on any atom is -0.497 e. The SMILES string of the molecule is COc1ccc(OC)c([C@H](C)NCC(=O)N[C@@H]2CCCC[C@H]2C)c1. The molecule has 1 fully saturated rings. The van der Waals surface area contributed by atoms with Crippen LogP contribution in [0.5, 0.6) is 11.5 Å². The number of carbonyl (C=O) groups is 1. The molecule has 1 aromatic carbocycles. The Morgan fingerprint density at radius 3 is 2.67 bits per heavy atom. The van der Waals surface area contributed by atoms with Gasteiger partial charge >= 0.3 is 0 Å². The Labute approximate surface area is 145 Å². The van der Waals surface area contributed by atoms with Gasteiger partial charge in [-0.15, -0.1) is 0 Å². The van der Waals surface area contributed by atoms with Crippen LogP contribution in [-0.2, 0) is 4.79 Å². The molecule has 0 aliphatic heterocycles. The highest BCUT2D eigenvalue weighted by atomic mass is 16.5. The highest BCUT2D eigenvalue weighted by molar-refractivity contribution is 5.78. The highest BCUT2D eigenvalue weighted by Crippen LogP contribution is 2.29. The zero-order chi connectivity index (χ0) is 17.5. The molecule has 2 N–H and O–H groups in total. The fourth-order valence-electron chi connectivity index (χ4n) is 3.32. The maximum absolute atomic E-state index is 12.2. The van der Waals surface area contributed by atoms with Gasteiger partial charge in [0.15, 0.2) is 0 Å². The van der Waals surface area contributed by atoms with Crippen LogP contribution >= 0.6 is 0 Å². The fourth-order valence-corrected chi connectivity index (χ4v) is 3.32. The van der Waals surface area contributed by atoms with Crippen molar-refractivity contribution >= 4 is 5.91 Å². The summed E-state index contributed by atoms with van der Waals surface area (Å²) < 4.78 is 10.7. The molecule has 1 saturated carbocycles. The van der Waals surface area contributed by atoms with E-state index in [1.54, 1.807) is 14.2 Å². The Morgan fingerprint density at radius 2 is 2.00 bits per heavy atom. The molecule has 0 bridgehead atoms. The van der Waals surface area contributed by atoms with E-state index >= 15 is 0 Å². The summed E-state index contributed by atoms with van der Waals surface area (Å²) in [6, 6.07) is 6.00. The summed E-state index contributed by atoms with van der Waals surface area (Å²) in [6.07, 6.45) is 4.78. The summed E-state index contributed by atoms with van der Waals surface area (Å²) in [4.78, 5) is 12.2. The van der Waals surface area contributed by atoms with Crippen molar-refractivity contribution in [2.45, 2.75) is 51.6 Å². The Balaban J connectivity index is 1.90. The van der Waals surface area contributed by atoms with Gasteiger partial charge in [0.2, 0.25) is 5.91 Å². The third-order valence-corrected chi connectivity index (χ3v) is 4.93. The summed E-state index contributed by atoms with van der Waals surface area (Å²) in [5, 5.41) is 6.45. The van der Waals surface area contributed by atoms with Crippen molar-refractivity contribution < 1.29 is 14.3 Å². The summed E-state index contributed by atoms with van der Waals surface area (Å²) in [6.45, 7) is 4.54. The lowest BCUT2D eigenvalue weighted by molar-refractivity contribution is -0.121. The zero-order valence-corrected chi connectivity index (χ0v) is 15.2. The molecule has 0 spiro atoms. The molecule has 134 valence electrons. The second-order valence-electron chi connectivity index (χ2n) is 6.65. The molecule has 0 saturated heterocycles. The molecule has 5 heteroatoms. The quantitative estimate of drug-likeness (QED) is 0.805. The van der Waals surface area contributed by atoms with Gasteiger partial charge in [0.25, 0.3) is 0 Å². The van der Waals surface area contributed by atoms with Crippen LogP contribution in [0.3, 0.4) is 0 Å². The number of carbonyl (C=O) groups excluding carboxylic acids is 1. The molecule has 0 heterocycles. The molecule has 1 amide bonds. The Bertz CT molecular complexity index is 547. The molecule has 0 aromatic heterocycles. The molecule has 1 aliphatic rings. The molecule has 5 nitrogen and oxygen atoms in total. The van der Waals surface area contributed by atoms with Crippen molar-refractivity contribution in [2.24, 2.45) is 5.92 Å². The van der Waals surface area contributed by atoms with Crippen molar-refractivity contribution in [1.82, 2.24) is 10.6 Å². The number of ether oxygens (including phenoxy) is 2. The third kappa shape index (κ3) is 4.87. The lowest BCUT2D eigenvalue weighted by Gasteiger charge is -2.29. The van der Waals surface area contributed by atoms with Crippen LogP contribution in [0, 0.1) is 5.92 Å². The van der Waals surface area contributed by atoms with Gasteiger partial charge in [-0.25, -0.2) is 0 Å². The molecule has 2 rings (SSSR count). The zero-order valence-electron chi connectivity index (χ0n) is 15.2. The normalized spacial score (nSPS) is 21.8. The first-order valence-corrected chi connectivity index (χ1v) is 8.79. The van der Waals surface area contributed by atoms with Crippen LogP contribution in [0.2, 0.25) is 0 Å². The van der Waals surface area contributed by atoms with Crippen LogP contribution in [-0.4, -0.2) is 32.7 Å². The Morgan fingerprint density at radius 1 is 1.25 bits per heavy atom. The molecular formula is C19H30N2O3. The smallest absolute Gasteiger partial charge is 0.234 e. The second kappa shape index (κ2) is 8.92. The van der Waals surface area contributed by atoms with Gasteiger partial charge in [-0.3, -0.25) is 4.79 Å². The molecular weight excluding hydrogens is 304 g/mol. The summed E-state index contributed by atoms with van der Waals surface area (Å²) in [5.74, 6) is 2.19. The van der Waals surface area contributed by atoms with E-state index in [2.05, 4.69) is 17.6 Å². The number of amides is 1. The minimum absolute atomic E-state index is 0.00965. The van der Waals surface area contributed by atoms with E-state index in [0.29, 0.717) is 18.5 Å². The highest BCUT2D eigenvalue weighted by Gasteiger charge is 2.23. The average Bonchev–Trinajstić information content (AvgIpc) is 2.61. The number of rotatable bonds is 7. The Hall–Kier alpha value is -1.75. The van der Waals surface area contributed by atoms with E-state index in [4.69, 9.17) is 9.47 Å². The van der Waals surface area contributed by atoms with Gasteiger partial charge in [0.1, 0.15) is 11.5 Å². The predicted molar refractivity (Wildman–Crippen MR) is 95.5 cm³/mol. The molecule has 1 aromatic rings. The predicted octanol–water partition coefficient (Wildman–Crippen LogP) is 3.05. The van der Waals surface area contributed by atoms with Crippen LogP contribution in [0.15, 0.2) is 18.2 Å². The van der Waals surface area contributed by atoms with Gasteiger partial charge in [-0.05, 0) is 43.9 Å². The number of methoxy groups -OCH3 is 2. The largest absolute Gasteiger partial charge is 0.497 e. The maximum Gasteiger partial charge on any atom is 0.234 e. The van der Waals surface area contributed by atoms with Crippen LogP contribution < -0.4 is 20.1 Å². The van der Waals surface area contributed by atoms with E-state index in [0.717, 1.165) is 23.5 Å². The van der Waals surface area contributed by atoms with Gasteiger partial charge in [-0.2, -0.15) is 0 Å².